The lowest BCUT2D eigenvalue weighted by Crippen LogP contribution is -2.70. The molecule has 394 valence electrons. The summed E-state index contributed by atoms with van der Waals surface area (Å²) in [5, 5.41) is 27.5. The van der Waals surface area contributed by atoms with Gasteiger partial charge < -0.3 is 38.9 Å². The number of allylic oxidation sites excluding steroid dienone is 1. The molecule has 2 N–H and O–H groups in total. The summed E-state index contributed by atoms with van der Waals surface area (Å²) >= 11 is 0. The number of oxime groups is 1. The Balaban J connectivity index is 1.28. The fourth-order valence-electron chi connectivity index (χ4n) is 12.1. The number of carbonyl (C=O) groups excluding carboxylic acids is 1. The van der Waals surface area contributed by atoms with Crippen LogP contribution >= 0.6 is 0 Å². The Hall–Kier alpha value is -5.07. The number of halogens is 1. The van der Waals surface area contributed by atoms with Gasteiger partial charge in [-0.15, -0.1) is 6.58 Å². The number of fused-ring (bicyclic) bond motifs is 3. The predicted octanol–water partition coefficient (Wildman–Crippen LogP) is 13.7. The van der Waals surface area contributed by atoms with E-state index >= 15 is 4.79 Å². The quantitative estimate of drug-likeness (QED) is 0.0314. The molecule has 2 aliphatic carbocycles. The summed E-state index contributed by atoms with van der Waals surface area (Å²) in [6, 6.07) is 26.5. The molecule has 2 heterocycles. The molecule has 11 heteroatoms. The topological polar surface area (TPSA) is 119 Å². The molecule has 0 radical (unpaired) electrons. The first-order chi connectivity index (χ1) is 35.9. The van der Waals surface area contributed by atoms with Crippen molar-refractivity contribution in [3.63, 3.8) is 0 Å². The van der Waals surface area contributed by atoms with Crippen molar-refractivity contribution in [1.29, 1.82) is 0 Å². The van der Waals surface area contributed by atoms with E-state index in [1.165, 1.54) is 44.6 Å². The van der Waals surface area contributed by atoms with Crippen LogP contribution in [0, 0.1) is 23.6 Å². The van der Waals surface area contributed by atoms with E-state index in [9.17, 15) is 14.6 Å². The molecule has 73 heavy (non-hydrogen) atoms. The summed E-state index contributed by atoms with van der Waals surface area (Å²) in [5.41, 5.74) is 4.14. The van der Waals surface area contributed by atoms with Crippen LogP contribution in [0.4, 0.5) is 4.39 Å². The third kappa shape index (κ3) is 13.4. The summed E-state index contributed by atoms with van der Waals surface area (Å²) < 4.78 is 42.4. The van der Waals surface area contributed by atoms with E-state index in [1.54, 1.807) is 18.2 Å². The molecule has 0 spiro atoms. The highest BCUT2D eigenvalue weighted by atomic mass is 19.1. The third-order valence-corrected chi connectivity index (χ3v) is 15.8. The van der Waals surface area contributed by atoms with E-state index in [0.29, 0.717) is 55.9 Å². The molecule has 1 amide bonds. The number of aliphatic hydroxyl groups excluding tert-OH is 2. The summed E-state index contributed by atoms with van der Waals surface area (Å²) in [4.78, 5) is 24.1. The van der Waals surface area contributed by atoms with Gasteiger partial charge in [0.25, 0.3) is 0 Å². The average molecular weight is 1000 g/mol. The molecule has 4 aliphatic rings. The van der Waals surface area contributed by atoms with Gasteiger partial charge in [-0.2, -0.15) is 0 Å². The van der Waals surface area contributed by atoms with Gasteiger partial charge in [0, 0.05) is 56.1 Å². The van der Waals surface area contributed by atoms with Gasteiger partial charge in [-0.05, 0) is 103 Å². The zero-order chi connectivity index (χ0) is 50.8. The minimum Gasteiger partial charge on any atom is -0.489 e. The number of hydrogen-bond donors (Lipinski definition) is 2. The first-order valence-electron chi connectivity index (χ1n) is 27.9. The van der Waals surface area contributed by atoms with Gasteiger partial charge in [-0.25, -0.2) is 4.39 Å². The molecule has 8 rings (SSSR count). The van der Waals surface area contributed by atoms with Crippen molar-refractivity contribution in [2.24, 2.45) is 22.9 Å². The highest BCUT2D eigenvalue weighted by molar-refractivity contribution is 6.03. The van der Waals surface area contributed by atoms with Crippen LogP contribution in [0.3, 0.4) is 0 Å². The largest absolute Gasteiger partial charge is 0.489 e. The van der Waals surface area contributed by atoms with E-state index in [0.717, 1.165) is 97.4 Å². The van der Waals surface area contributed by atoms with Crippen LogP contribution in [0.15, 0.2) is 114 Å². The number of unbranched alkanes of at least 4 members (excludes halogenated alkanes) is 10. The highest BCUT2D eigenvalue weighted by Gasteiger charge is 2.65. The summed E-state index contributed by atoms with van der Waals surface area (Å²) in [7, 11) is 0. The zero-order valence-electron chi connectivity index (χ0n) is 43.4. The lowest BCUT2D eigenvalue weighted by Gasteiger charge is -2.60. The molecule has 7 atom stereocenters. The van der Waals surface area contributed by atoms with Gasteiger partial charge in [-0.3, -0.25) is 4.79 Å². The molecule has 10 nitrogen and oxygen atoms in total. The van der Waals surface area contributed by atoms with Crippen LogP contribution in [-0.4, -0.2) is 71.3 Å². The van der Waals surface area contributed by atoms with Gasteiger partial charge >= 0.3 is 0 Å². The van der Waals surface area contributed by atoms with Crippen LogP contribution in [0.1, 0.15) is 158 Å². The van der Waals surface area contributed by atoms with Crippen LogP contribution in [0.2, 0.25) is 0 Å². The van der Waals surface area contributed by atoms with Crippen molar-refractivity contribution in [2.45, 2.75) is 173 Å². The van der Waals surface area contributed by atoms with E-state index < -0.39 is 24.0 Å². The number of carbonyl (C=O) groups is 1. The molecule has 4 aromatic carbocycles. The molecule has 0 bridgehead atoms. The van der Waals surface area contributed by atoms with Crippen LogP contribution < -0.4 is 9.47 Å². The van der Waals surface area contributed by atoms with Crippen molar-refractivity contribution in [2.75, 3.05) is 26.4 Å². The van der Waals surface area contributed by atoms with Crippen LogP contribution in [0.5, 0.6) is 11.5 Å². The number of benzene rings is 4. The number of ether oxygens (including phenoxy) is 4. The molecule has 1 unspecified atom stereocenters. The Morgan fingerprint density at radius 3 is 2.37 bits per heavy atom. The molecular formula is C62H81FN2O8. The first-order valence-corrected chi connectivity index (χ1v) is 27.9. The Morgan fingerprint density at radius 1 is 0.863 bits per heavy atom. The van der Waals surface area contributed by atoms with Gasteiger partial charge in [-0.1, -0.05) is 149 Å². The van der Waals surface area contributed by atoms with Crippen molar-refractivity contribution < 1.29 is 43.2 Å². The molecule has 1 saturated carbocycles. The normalized spacial score (nSPS) is 23.8. The lowest BCUT2D eigenvalue weighted by atomic mass is 9.55. The number of amides is 1. The molecule has 2 fully saturated rings. The van der Waals surface area contributed by atoms with E-state index in [1.807, 2.05) is 29.2 Å². The van der Waals surface area contributed by atoms with Crippen molar-refractivity contribution in [3.05, 3.63) is 132 Å². The lowest BCUT2D eigenvalue weighted by molar-refractivity contribution is -0.258. The summed E-state index contributed by atoms with van der Waals surface area (Å²) in [6.45, 7) is 7.71. The monoisotopic (exact) mass is 1000 g/mol. The maximum atomic E-state index is 15.6. The van der Waals surface area contributed by atoms with Crippen molar-refractivity contribution in [3.8, 4) is 11.5 Å². The second kappa shape index (κ2) is 27.5. The first kappa shape index (κ1) is 54.2. The number of rotatable bonds is 29. The smallest absolute Gasteiger partial charge is 0.239 e. The number of nitrogens with zero attached hydrogens (tertiary/aromatic N) is 2. The molecule has 1 saturated heterocycles. The number of hydrogen-bond acceptors (Lipinski definition) is 9. The van der Waals surface area contributed by atoms with Gasteiger partial charge in [0.15, 0.2) is 0 Å². The second-order valence-electron chi connectivity index (χ2n) is 20.8. The Labute approximate surface area is 434 Å². The maximum Gasteiger partial charge on any atom is 0.239 e. The summed E-state index contributed by atoms with van der Waals surface area (Å²) in [6.07, 6.45) is 21.8. The molecular weight excluding hydrogens is 920 g/mol. The molecule has 0 aromatic heterocycles. The van der Waals surface area contributed by atoms with Gasteiger partial charge in [0.05, 0.1) is 24.8 Å². The van der Waals surface area contributed by atoms with Gasteiger partial charge in [0.2, 0.25) is 18.0 Å². The average Bonchev–Trinajstić information content (AvgIpc) is 3.42. The Morgan fingerprint density at radius 2 is 1.60 bits per heavy atom. The highest BCUT2D eigenvalue weighted by Crippen LogP contribution is 2.62. The fourth-order valence-corrected chi connectivity index (χ4v) is 12.1. The second-order valence-corrected chi connectivity index (χ2v) is 20.8. The third-order valence-electron chi connectivity index (χ3n) is 15.8. The van der Waals surface area contributed by atoms with E-state index in [-0.39, 0.29) is 55.9 Å². The van der Waals surface area contributed by atoms with Crippen molar-refractivity contribution in [1.82, 2.24) is 4.90 Å². The van der Waals surface area contributed by atoms with Crippen LogP contribution in [0.25, 0.3) is 10.8 Å². The Kier molecular flexibility index (Phi) is 20.4. The minimum atomic E-state index is -1.42. The maximum absolute atomic E-state index is 15.6. The van der Waals surface area contributed by atoms with Crippen LogP contribution in [-0.2, 0) is 32.3 Å². The minimum absolute atomic E-state index is 0.0296. The number of aliphatic hydroxyl groups is 2. The summed E-state index contributed by atoms with van der Waals surface area (Å²) in [5.74, 6) is -1.13. The van der Waals surface area contributed by atoms with E-state index in [2.05, 4.69) is 62.0 Å². The predicted molar refractivity (Wildman–Crippen MR) is 287 cm³/mol. The van der Waals surface area contributed by atoms with Gasteiger partial charge in [0.1, 0.15) is 30.0 Å². The molecule has 4 aromatic rings. The fraction of sp³-hybridized carbons (Fsp3) is 0.548. The van der Waals surface area contributed by atoms with Crippen molar-refractivity contribution >= 4 is 22.4 Å². The SMILES string of the molecule is C=CCO[C@@]12Oc3ccc(OCc4ccccc4F)cc3[C@H]3[C@H](CCCCO)[C@@H](CCCCO)C=C(C(=NOC4CCCCO4)C[C@@H]1N(Cc1cccc4ccccc14)C(=O)CCCCCCCCCCC)[C@H]32. The zero-order valence-corrected chi connectivity index (χ0v) is 43.4. The Bertz CT molecular complexity index is 2450. The van der Waals surface area contributed by atoms with E-state index in [4.69, 9.17) is 28.9 Å². The standard InChI is InChI=1S/C62H81FN2O8/c1-3-5-6-7-8-9-10-11-12-32-58(68)65(43-47-28-23-27-45-24-13-15-29-50(45)47)57-42-55(64-73-59-33-19-22-39-69-59)52-40-46(25-17-20-36-66)51(30-18-21-37-67)60-53-41-49(70-44-48-26-14-16-31-54(48)63)34-35-56(53)72-62(57,61(52)60)71-38-4-2/h4,13-16,23-24,26-29,31,34-35,40-41,46,51,57,59-61,66-67H,2-3,5-12,17-22,25,30,32-33,36-39,42-44H2,1H3/t46-,51+,57-,59?,60+,61+,62+/m0/s1. The molecule has 2 aliphatic heterocycles.